The van der Waals surface area contributed by atoms with Crippen LogP contribution in [0, 0.1) is 13.8 Å². The van der Waals surface area contributed by atoms with Crippen LogP contribution in [0.25, 0.3) is 11.1 Å². The van der Waals surface area contributed by atoms with Crippen LogP contribution in [0.15, 0.2) is 40.8 Å². The summed E-state index contributed by atoms with van der Waals surface area (Å²) in [5.41, 5.74) is 6.83. The summed E-state index contributed by atoms with van der Waals surface area (Å²) in [6, 6.07) is 12.5. The summed E-state index contributed by atoms with van der Waals surface area (Å²) in [6.45, 7) is 7.18. The van der Waals surface area contributed by atoms with Gasteiger partial charge in [0.2, 0.25) is 0 Å². The molecule has 0 aliphatic heterocycles. The van der Waals surface area contributed by atoms with Gasteiger partial charge in [0, 0.05) is 18.7 Å². The van der Waals surface area contributed by atoms with Gasteiger partial charge < -0.3 is 9.73 Å². The zero-order valence-corrected chi connectivity index (χ0v) is 12.7. The second-order valence-electron chi connectivity index (χ2n) is 5.36. The summed E-state index contributed by atoms with van der Waals surface area (Å²) in [5, 5.41) is 3.47. The van der Waals surface area contributed by atoms with Gasteiger partial charge in [0.25, 0.3) is 0 Å². The van der Waals surface area contributed by atoms with E-state index in [1.165, 1.54) is 16.7 Å². The van der Waals surface area contributed by atoms with Crippen molar-refractivity contribution in [2.45, 2.75) is 33.7 Å². The molecule has 0 saturated carbocycles. The maximum absolute atomic E-state index is 5.63. The van der Waals surface area contributed by atoms with Crippen LogP contribution in [0.5, 0.6) is 0 Å². The third-order valence-corrected chi connectivity index (χ3v) is 3.93. The predicted molar refractivity (Wildman–Crippen MR) is 86.6 cm³/mol. The lowest BCUT2D eigenvalue weighted by atomic mass is 10.0. The van der Waals surface area contributed by atoms with Gasteiger partial charge in [-0.15, -0.1) is 0 Å². The van der Waals surface area contributed by atoms with Gasteiger partial charge in [-0.3, -0.25) is 0 Å². The van der Waals surface area contributed by atoms with Crippen LogP contribution >= 0.6 is 0 Å². The third-order valence-electron chi connectivity index (χ3n) is 3.93. The lowest BCUT2D eigenvalue weighted by molar-refractivity contribution is 0.538. The van der Waals surface area contributed by atoms with E-state index in [0.717, 1.165) is 35.6 Å². The van der Waals surface area contributed by atoms with Crippen molar-refractivity contribution in [3.63, 3.8) is 0 Å². The molecule has 3 nitrogen and oxygen atoms in total. The minimum Gasteiger partial charge on any atom is -0.441 e. The number of fused-ring (bicyclic) bond motifs is 1. The molecule has 0 bridgehead atoms. The van der Waals surface area contributed by atoms with E-state index in [4.69, 9.17) is 4.42 Å². The highest BCUT2D eigenvalue weighted by Gasteiger charge is 2.05. The molecule has 0 unspecified atom stereocenters. The molecule has 108 valence electrons. The normalized spacial score (nSPS) is 11.0. The number of aryl methyl sites for hydroxylation is 2. The molecule has 1 N–H and O–H groups in total. The Morgan fingerprint density at radius 3 is 2.81 bits per heavy atom. The first kappa shape index (κ1) is 13.7. The van der Waals surface area contributed by atoms with E-state index in [2.05, 4.69) is 42.3 Å². The van der Waals surface area contributed by atoms with Crippen LogP contribution in [0.2, 0.25) is 0 Å². The number of hydrogen-bond donors (Lipinski definition) is 1. The summed E-state index contributed by atoms with van der Waals surface area (Å²) in [4.78, 5) is 4.47. The SMILES string of the molecule is CCc1nc2cc(NCc3cccc(C)c3C)ccc2o1. The molecular weight excluding hydrogens is 260 g/mol. The van der Waals surface area contributed by atoms with Crippen molar-refractivity contribution in [2.75, 3.05) is 5.32 Å². The van der Waals surface area contributed by atoms with Crippen LogP contribution in [0.3, 0.4) is 0 Å². The Kier molecular flexibility index (Phi) is 3.65. The minimum atomic E-state index is 0.789. The Hall–Kier alpha value is -2.29. The van der Waals surface area contributed by atoms with Crippen LogP contribution in [-0.2, 0) is 13.0 Å². The topological polar surface area (TPSA) is 38.1 Å². The van der Waals surface area contributed by atoms with Gasteiger partial charge in [-0.1, -0.05) is 25.1 Å². The Morgan fingerprint density at radius 2 is 2.00 bits per heavy atom. The summed E-state index contributed by atoms with van der Waals surface area (Å²) >= 11 is 0. The first-order valence-corrected chi connectivity index (χ1v) is 7.36. The van der Waals surface area contributed by atoms with Gasteiger partial charge in [-0.05, 0) is 48.7 Å². The van der Waals surface area contributed by atoms with E-state index >= 15 is 0 Å². The molecule has 0 fully saturated rings. The fourth-order valence-corrected chi connectivity index (χ4v) is 2.44. The molecular formula is C18H20N2O. The van der Waals surface area contributed by atoms with E-state index in [1.807, 2.05) is 25.1 Å². The molecule has 0 radical (unpaired) electrons. The minimum absolute atomic E-state index is 0.789. The molecule has 0 spiro atoms. The number of benzene rings is 2. The van der Waals surface area contributed by atoms with Crippen molar-refractivity contribution in [1.82, 2.24) is 4.98 Å². The summed E-state index contributed by atoms with van der Waals surface area (Å²) < 4.78 is 5.63. The molecule has 3 rings (SSSR count). The van der Waals surface area contributed by atoms with Gasteiger partial charge >= 0.3 is 0 Å². The summed E-state index contributed by atoms with van der Waals surface area (Å²) in [5.74, 6) is 0.789. The fraction of sp³-hybridized carbons (Fsp3) is 0.278. The Morgan fingerprint density at radius 1 is 1.14 bits per heavy atom. The second-order valence-corrected chi connectivity index (χ2v) is 5.36. The standard InChI is InChI=1S/C18H20N2O/c1-4-18-20-16-10-15(8-9-17(16)21-18)19-11-14-7-5-6-12(2)13(14)3/h5-10,19H,4,11H2,1-3H3. The van der Waals surface area contributed by atoms with Crippen molar-refractivity contribution in [3.05, 3.63) is 59.0 Å². The van der Waals surface area contributed by atoms with Crippen LogP contribution in [0.4, 0.5) is 5.69 Å². The van der Waals surface area contributed by atoms with E-state index in [-0.39, 0.29) is 0 Å². The van der Waals surface area contributed by atoms with Gasteiger partial charge in [-0.2, -0.15) is 0 Å². The number of anilines is 1. The van der Waals surface area contributed by atoms with Gasteiger partial charge in [0.1, 0.15) is 5.52 Å². The summed E-state index contributed by atoms with van der Waals surface area (Å²) in [7, 11) is 0. The smallest absolute Gasteiger partial charge is 0.195 e. The van der Waals surface area contributed by atoms with E-state index in [1.54, 1.807) is 0 Å². The second kappa shape index (κ2) is 5.60. The van der Waals surface area contributed by atoms with Crippen molar-refractivity contribution in [2.24, 2.45) is 0 Å². The van der Waals surface area contributed by atoms with Crippen molar-refractivity contribution >= 4 is 16.8 Å². The van der Waals surface area contributed by atoms with Gasteiger partial charge in [-0.25, -0.2) is 4.98 Å². The van der Waals surface area contributed by atoms with Crippen LogP contribution in [-0.4, -0.2) is 4.98 Å². The lowest BCUT2D eigenvalue weighted by Crippen LogP contribution is -2.02. The Balaban J connectivity index is 1.80. The lowest BCUT2D eigenvalue weighted by Gasteiger charge is -2.10. The van der Waals surface area contributed by atoms with Crippen molar-refractivity contribution in [3.8, 4) is 0 Å². The molecule has 21 heavy (non-hydrogen) atoms. The highest BCUT2D eigenvalue weighted by atomic mass is 16.3. The number of nitrogens with zero attached hydrogens (tertiary/aromatic N) is 1. The third kappa shape index (κ3) is 2.77. The molecule has 3 heteroatoms. The number of rotatable bonds is 4. The van der Waals surface area contributed by atoms with Gasteiger partial charge in [0.05, 0.1) is 0 Å². The largest absolute Gasteiger partial charge is 0.441 e. The van der Waals surface area contributed by atoms with Crippen LogP contribution in [0.1, 0.15) is 29.5 Å². The number of hydrogen-bond acceptors (Lipinski definition) is 3. The molecule has 0 aliphatic carbocycles. The zero-order valence-electron chi connectivity index (χ0n) is 12.7. The number of oxazole rings is 1. The van der Waals surface area contributed by atoms with Crippen molar-refractivity contribution in [1.29, 1.82) is 0 Å². The first-order chi connectivity index (χ1) is 10.2. The maximum atomic E-state index is 5.63. The molecule has 3 aromatic rings. The highest BCUT2D eigenvalue weighted by Crippen LogP contribution is 2.21. The molecule has 2 aromatic carbocycles. The van der Waals surface area contributed by atoms with E-state index in [9.17, 15) is 0 Å². The Bertz CT molecular complexity index is 774. The molecule has 0 amide bonds. The molecule has 1 heterocycles. The predicted octanol–water partition coefficient (Wildman–Crippen LogP) is 4.62. The van der Waals surface area contributed by atoms with E-state index in [0.29, 0.717) is 0 Å². The van der Waals surface area contributed by atoms with E-state index < -0.39 is 0 Å². The maximum Gasteiger partial charge on any atom is 0.195 e. The van der Waals surface area contributed by atoms with Gasteiger partial charge in [0.15, 0.2) is 11.5 Å². The first-order valence-electron chi connectivity index (χ1n) is 7.36. The Labute approximate surface area is 125 Å². The number of nitrogens with one attached hydrogen (secondary N) is 1. The molecule has 0 atom stereocenters. The fourth-order valence-electron chi connectivity index (χ4n) is 2.44. The molecule has 1 aromatic heterocycles. The van der Waals surface area contributed by atoms with Crippen LogP contribution < -0.4 is 5.32 Å². The quantitative estimate of drug-likeness (QED) is 0.757. The number of aromatic nitrogens is 1. The van der Waals surface area contributed by atoms with Crippen molar-refractivity contribution < 1.29 is 4.42 Å². The molecule has 0 aliphatic rings. The highest BCUT2D eigenvalue weighted by molar-refractivity contribution is 5.77. The summed E-state index contributed by atoms with van der Waals surface area (Å²) in [6.07, 6.45) is 0.819. The monoisotopic (exact) mass is 280 g/mol. The average molecular weight is 280 g/mol. The molecule has 0 saturated heterocycles. The average Bonchev–Trinajstić information content (AvgIpc) is 2.91. The zero-order chi connectivity index (χ0) is 14.8.